The molecule has 2 fully saturated rings. The van der Waals surface area contributed by atoms with Crippen molar-refractivity contribution in [3.8, 4) is 0 Å². The molecule has 2 rings (SSSR count). The number of hydrogen-bond acceptors (Lipinski definition) is 0. The zero-order chi connectivity index (χ0) is 23.0. The lowest BCUT2D eigenvalue weighted by molar-refractivity contribution is -0.422. The summed E-state index contributed by atoms with van der Waals surface area (Å²) in [5, 5.41) is 0. The SMILES string of the molecule is CC1(C)C(C)(C)C(C)(C)C2(C)C(C)(C)C(C)(C)C(C)(C)C(C)(C)C2(C)C1(C)C. The van der Waals surface area contributed by atoms with Crippen LogP contribution in [0.25, 0.3) is 0 Å². The fraction of sp³-hybridized carbons (Fsp3) is 1.00. The Morgan fingerprint density at radius 2 is 0.286 bits per heavy atom. The Morgan fingerprint density at radius 1 is 0.179 bits per heavy atom. The Bertz CT molecular complexity index is 561. The van der Waals surface area contributed by atoms with Crippen LogP contribution in [-0.4, -0.2) is 0 Å². The van der Waals surface area contributed by atoms with E-state index in [1.807, 2.05) is 0 Å². The molecule has 0 unspecified atom stereocenters. The van der Waals surface area contributed by atoms with Crippen LogP contribution in [0.1, 0.15) is 125 Å². The van der Waals surface area contributed by atoms with Crippen LogP contribution in [0.5, 0.6) is 0 Å². The van der Waals surface area contributed by atoms with Crippen LogP contribution in [0.4, 0.5) is 0 Å². The Kier molecular flexibility index (Phi) is 4.39. The molecule has 2 aliphatic rings. The van der Waals surface area contributed by atoms with E-state index in [2.05, 4.69) is 125 Å². The molecule has 0 nitrogen and oxygen atoms in total. The Hall–Kier alpha value is 0. The summed E-state index contributed by atoms with van der Waals surface area (Å²) < 4.78 is 0. The molecule has 0 spiro atoms. The van der Waals surface area contributed by atoms with E-state index in [1.54, 1.807) is 0 Å². The summed E-state index contributed by atoms with van der Waals surface area (Å²) in [4.78, 5) is 0. The Balaban J connectivity index is 3.23. The molecule has 0 radical (unpaired) electrons. The maximum atomic E-state index is 2.68. The van der Waals surface area contributed by atoms with Gasteiger partial charge >= 0.3 is 0 Å². The molecule has 28 heavy (non-hydrogen) atoms. The van der Waals surface area contributed by atoms with Crippen LogP contribution in [0.15, 0.2) is 0 Å². The van der Waals surface area contributed by atoms with Gasteiger partial charge in [-0.15, -0.1) is 0 Å². The van der Waals surface area contributed by atoms with E-state index in [0.29, 0.717) is 0 Å². The van der Waals surface area contributed by atoms with Gasteiger partial charge in [0.25, 0.3) is 0 Å². The van der Waals surface area contributed by atoms with E-state index in [1.165, 1.54) is 0 Å². The molecule has 0 aromatic carbocycles. The largest absolute Gasteiger partial charge is 0.0588 e. The molecule has 0 amide bonds. The van der Waals surface area contributed by atoms with E-state index < -0.39 is 0 Å². The molecule has 0 aliphatic heterocycles. The summed E-state index contributed by atoms with van der Waals surface area (Å²) in [7, 11) is 0. The summed E-state index contributed by atoms with van der Waals surface area (Å²) >= 11 is 0. The van der Waals surface area contributed by atoms with Crippen LogP contribution >= 0.6 is 0 Å². The number of hydrogen-bond donors (Lipinski definition) is 0. The quantitative estimate of drug-likeness (QED) is 0.386. The van der Waals surface area contributed by atoms with Crippen LogP contribution in [0, 0.1) is 54.1 Å². The van der Waals surface area contributed by atoms with Gasteiger partial charge in [-0.25, -0.2) is 0 Å². The van der Waals surface area contributed by atoms with Crippen LogP contribution in [-0.2, 0) is 0 Å². The summed E-state index contributed by atoms with van der Waals surface area (Å²) in [6.07, 6.45) is 0. The highest BCUT2D eigenvalue weighted by Crippen LogP contribution is 2.91. The van der Waals surface area contributed by atoms with Crippen LogP contribution in [0.2, 0.25) is 0 Å². The molecule has 0 atom stereocenters. The standard InChI is InChI=1S/C28H54/c1-19(2)20(3,4)24(11,12)28(18)26(15,16)22(7,8)21(5,6)25(13,14)27(28,17)23(19,9)10/h1-18H3. The van der Waals surface area contributed by atoms with Crippen molar-refractivity contribution in [3.05, 3.63) is 0 Å². The predicted octanol–water partition coefficient (Wildman–Crippen LogP) is 9.24. The third-order valence-electron chi connectivity index (χ3n) is 15.4. The van der Waals surface area contributed by atoms with E-state index in [9.17, 15) is 0 Å². The smallest absolute Gasteiger partial charge is 0.0148 e. The molecular weight excluding hydrogens is 336 g/mol. The second kappa shape index (κ2) is 5.07. The van der Waals surface area contributed by atoms with Crippen molar-refractivity contribution < 1.29 is 0 Å². The maximum absolute atomic E-state index is 2.68. The number of fused-ring (bicyclic) bond motifs is 1. The van der Waals surface area contributed by atoms with Crippen molar-refractivity contribution in [2.75, 3.05) is 0 Å². The first kappa shape index (κ1) is 24.3. The molecule has 0 N–H and O–H groups in total. The zero-order valence-electron chi connectivity index (χ0n) is 23.0. The summed E-state index contributed by atoms with van der Waals surface area (Å²) in [6.45, 7) is 46.7. The van der Waals surface area contributed by atoms with Crippen LogP contribution in [0.3, 0.4) is 0 Å². The Morgan fingerprint density at radius 3 is 0.393 bits per heavy atom. The van der Waals surface area contributed by atoms with E-state index in [4.69, 9.17) is 0 Å². The summed E-state index contributed by atoms with van der Waals surface area (Å²) in [5.74, 6) is 0. The molecular formula is C28H54. The van der Waals surface area contributed by atoms with Gasteiger partial charge in [-0.1, -0.05) is 125 Å². The lowest BCUT2D eigenvalue weighted by Gasteiger charge is -2.89. The molecule has 166 valence electrons. The first-order valence-corrected chi connectivity index (χ1v) is 11.8. The van der Waals surface area contributed by atoms with Gasteiger partial charge < -0.3 is 0 Å². The van der Waals surface area contributed by atoms with Gasteiger partial charge in [-0.05, 0) is 54.1 Å². The third kappa shape index (κ3) is 1.66. The second-order valence-corrected chi connectivity index (χ2v) is 15.2. The van der Waals surface area contributed by atoms with Crippen molar-refractivity contribution in [2.45, 2.75) is 125 Å². The lowest BCUT2D eigenvalue weighted by atomic mass is 9.14. The monoisotopic (exact) mass is 390 g/mol. The highest BCUT2D eigenvalue weighted by Gasteiger charge is 2.86. The van der Waals surface area contributed by atoms with Crippen molar-refractivity contribution >= 4 is 0 Å². The normalized spacial score (nSPS) is 43.1. The highest BCUT2D eigenvalue weighted by molar-refractivity contribution is 5.33. The average molecular weight is 391 g/mol. The van der Waals surface area contributed by atoms with Crippen molar-refractivity contribution in [1.82, 2.24) is 0 Å². The minimum absolute atomic E-state index is 0.151. The van der Waals surface area contributed by atoms with Gasteiger partial charge in [0.1, 0.15) is 0 Å². The molecule has 0 aromatic rings. The summed E-state index contributed by atoms with van der Waals surface area (Å²) in [6, 6.07) is 0. The Labute approximate surface area is 179 Å². The van der Waals surface area contributed by atoms with Gasteiger partial charge in [0.05, 0.1) is 0 Å². The molecule has 0 bridgehead atoms. The van der Waals surface area contributed by atoms with Crippen molar-refractivity contribution in [2.24, 2.45) is 54.1 Å². The lowest BCUT2D eigenvalue weighted by Crippen LogP contribution is -2.84. The second-order valence-electron chi connectivity index (χ2n) is 15.2. The van der Waals surface area contributed by atoms with Crippen LogP contribution < -0.4 is 0 Å². The average Bonchev–Trinajstić information content (AvgIpc) is 2.49. The molecule has 0 aromatic heterocycles. The summed E-state index contributed by atoms with van der Waals surface area (Å²) in [5.41, 5.74) is 1.77. The number of rotatable bonds is 0. The maximum Gasteiger partial charge on any atom is -0.0148 e. The molecule has 0 heterocycles. The van der Waals surface area contributed by atoms with Crippen molar-refractivity contribution in [3.63, 3.8) is 0 Å². The minimum Gasteiger partial charge on any atom is -0.0588 e. The molecule has 0 saturated heterocycles. The van der Waals surface area contributed by atoms with E-state index in [0.717, 1.165) is 0 Å². The van der Waals surface area contributed by atoms with Gasteiger partial charge in [-0.3, -0.25) is 0 Å². The van der Waals surface area contributed by atoms with E-state index >= 15 is 0 Å². The fourth-order valence-electron chi connectivity index (χ4n) is 9.69. The fourth-order valence-corrected chi connectivity index (χ4v) is 9.69. The van der Waals surface area contributed by atoms with Gasteiger partial charge in [0.2, 0.25) is 0 Å². The molecule has 2 aliphatic carbocycles. The molecule has 0 heteroatoms. The third-order valence-corrected chi connectivity index (χ3v) is 15.4. The first-order valence-electron chi connectivity index (χ1n) is 11.8. The topological polar surface area (TPSA) is 0 Å². The van der Waals surface area contributed by atoms with Gasteiger partial charge in [0.15, 0.2) is 0 Å². The van der Waals surface area contributed by atoms with Crippen molar-refractivity contribution in [1.29, 1.82) is 0 Å². The highest BCUT2D eigenvalue weighted by atomic mass is 14.9. The predicted molar refractivity (Wildman–Crippen MR) is 126 cm³/mol. The zero-order valence-corrected chi connectivity index (χ0v) is 23.0. The minimum atomic E-state index is 0.151. The van der Waals surface area contributed by atoms with Gasteiger partial charge in [-0.2, -0.15) is 0 Å². The molecule has 2 saturated carbocycles. The van der Waals surface area contributed by atoms with E-state index in [-0.39, 0.29) is 54.1 Å². The first-order chi connectivity index (χ1) is 11.8. The van der Waals surface area contributed by atoms with Gasteiger partial charge in [0, 0.05) is 0 Å².